The van der Waals surface area contributed by atoms with Crippen LogP contribution in [0.3, 0.4) is 0 Å². The van der Waals surface area contributed by atoms with Gasteiger partial charge in [0.2, 0.25) is 0 Å². The number of anilines is 1. The predicted molar refractivity (Wildman–Crippen MR) is 161 cm³/mol. The number of para-hydroxylation sites is 1. The number of rotatable bonds is 3. The van der Waals surface area contributed by atoms with Crippen molar-refractivity contribution in [2.24, 2.45) is 28.7 Å². The first kappa shape index (κ1) is 22.9. The Hall–Kier alpha value is -3.04. The summed E-state index contributed by atoms with van der Waals surface area (Å²) in [7, 11) is 0. The van der Waals surface area contributed by atoms with Crippen LogP contribution < -0.4 is 4.90 Å². The molecule has 0 saturated heterocycles. The summed E-state index contributed by atoms with van der Waals surface area (Å²) in [4.78, 5) is 9.73. The lowest BCUT2D eigenvalue weighted by Gasteiger charge is -2.37. The topological polar surface area (TPSA) is 15.6 Å². The van der Waals surface area contributed by atoms with Crippen LogP contribution in [0, 0.1) is 23.7 Å². The summed E-state index contributed by atoms with van der Waals surface area (Å²) in [6.45, 7) is 0. The van der Waals surface area contributed by atoms with Gasteiger partial charge in [0.05, 0.1) is 6.04 Å². The van der Waals surface area contributed by atoms with Crippen molar-refractivity contribution in [1.29, 1.82) is 0 Å². The average Bonchev–Trinajstić information content (AvgIpc) is 3.54. The van der Waals surface area contributed by atoms with Crippen molar-refractivity contribution in [3.8, 4) is 0 Å². The van der Waals surface area contributed by atoms with Crippen LogP contribution in [-0.4, -0.2) is 17.0 Å². The van der Waals surface area contributed by atoms with Crippen molar-refractivity contribution in [2.75, 3.05) is 4.90 Å². The maximum absolute atomic E-state index is 5.54. The molecule has 4 aliphatic carbocycles. The maximum atomic E-state index is 5.54. The third-order valence-electron chi connectivity index (χ3n) is 9.48. The summed E-state index contributed by atoms with van der Waals surface area (Å²) in [5.41, 5.74) is 5.68. The predicted octanol–water partition coefficient (Wildman–Crippen LogP) is 8.43. The van der Waals surface area contributed by atoms with Crippen molar-refractivity contribution >= 4 is 23.2 Å². The second kappa shape index (κ2) is 9.31. The van der Waals surface area contributed by atoms with Crippen molar-refractivity contribution in [1.82, 2.24) is 0 Å². The monoisotopic (exact) mass is 514 g/mol. The fourth-order valence-corrected chi connectivity index (χ4v) is 9.19. The van der Waals surface area contributed by atoms with E-state index in [0.717, 1.165) is 12.8 Å². The highest BCUT2D eigenvalue weighted by Crippen LogP contribution is 2.58. The Morgan fingerprint density at radius 3 is 2.68 bits per heavy atom. The second-order valence-electron chi connectivity index (χ2n) is 11.6. The van der Waals surface area contributed by atoms with Crippen molar-refractivity contribution in [3.05, 3.63) is 125 Å². The zero-order chi connectivity index (χ0) is 25.1. The fraction of sp³-hybridized carbons (Fsp3) is 0.343. The Morgan fingerprint density at radius 1 is 0.868 bits per heavy atom. The zero-order valence-electron chi connectivity index (χ0n) is 21.7. The summed E-state index contributed by atoms with van der Waals surface area (Å²) in [5, 5.41) is 0.512. The Balaban J connectivity index is 1.25. The lowest BCUT2D eigenvalue weighted by molar-refractivity contribution is 0.420. The van der Waals surface area contributed by atoms with Crippen LogP contribution in [-0.2, 0) is 0 Å². The summed E-state index contributed by atoms with van der Waals surface area (Å²) in [6.07, 6.45) is 36.7. The van der Waals surface area contributed by atoms with E-state index in [1.807, 2.05) is 0 Å². The lowest BCUT2D eigenvalue weighted by atomic mass is 9.77. The molecule has 8 rings (SSSR count). The molecular formula is C35H34N2S. The molecule has 1 aromatic rings. The Kier molecular flexibility index (Phi) is 5.61. The van der Waals surface area contributed by atoms with E-state index in [0.29, 0.717) is 40.9 Å². The molecule has 0 radical (unpaired) electrons. The van der Waals surface area contributed by atoms with Gasteiger partial charge in [-0.1, -0.05) is 91.1 Å². The molecule has 0 aromatic heterocycles. The van der Waals surface area contributed by atoms with Crippen LogP contribution in [0.25, 0.3) is 0 Å². The van der Waals surface area contributed by atoms with Gasteiger partial charge in [0.1, 0.15) is 5.82 Å². The third-order valence-corrected chi connectivity index (χ3v) is 10.9. The lowest BCUT2D eigenvalue weighted by Crippen LogP contribution is -2.37. The molecule has 0 N–H and O–H groups in total. The molecule has 2 nitrogen and oxygen atoms in total. The van der Waals surface area contributed by atoms with E-state index in [9.17, 15) is 0 Å². The number of fused-ring (bicyclic) bond motifs is 6. The molecule has 3 heterocycles. The van der Waals surface area contributed by atoms with Crippen molar-refractivity contribution in [3.63, 3.8) is 0 Å². The van der Waals surface area contributed by atoms with E-state index < -0.39 is 0 Å². The van der Waals surface area contributed by atoms with Gasteiger partial charge in [0, 0.05) is 39.3 Å². The molecule has 7 aliphatic rings. The van der Waals surface area contributed by atoms with Gasteiger partial charge in [-0.05, 0) is 67.2 Å². The summed E-state index contributed by atoms with van der Waals surface area (Å²) < 4.78 is 0. The van der Waals surface area contributed by atoms with E-state index in [-0.39, 0.29) is 0 Å². The molecule has 190 valence electrons. The van der Waals surface area contributed by atoms with Crippen LogP contribution >= 0.6 is 11.8 Å². The molecule has 38 heavy (non-hydrogen) atoms. The van der Waals surface area contributed by atoms with Crippen molar-refractivity contribution in [2.45, 2.75) is 49.3 Å². The van der Waals surface area contributed by atoms with E-state index in [1.54, 1.807) is 4.91 Å². The van der Waals surface area contributed by atoms with Gasteiger partial charge < -0.3 is 4.90 Å². The minimum absolute atomic E-state index is 0.295. The minimum atomic E-state index is 0.295. The highest BCUT2D eigenvalue weighted by atomic mass is 32.2. The smallest absolute Gasteiger partial charge is 0.129 e. The van der Waals surface area contributed by atoms with Crippen LogP contribution in [0.1, 0.15) is 43.6 Å². The van der Waals surface area contributed by atoms with Gasteiger partial charge in [-0.15, -0.1) is 11.8 Å². The van der Waals surface area contributed by atoms with Gasteiger partial charge in [0.15, 0.2) is 0 Å². The normalized spacial score (nSPS) is 36.1. The number of benzene rings is 1. The molecule has 0 fully saturated rings. The first-order chi connectivity index (χ1) is 18.8. The van der Waals surface area contributed by atoms with E-state index >= 15 is 0 Å². The molecular weight excluding hydrogens is 480 g/mol. The van der Waals surface area contributed by atoms with Gasteiger partial charge in [0.25, 0.3) is 0 Å². The highest BCUT2D eigenvalue weighted by molar-refractivity contribution is 8.04. The SMILES string of the molecule is C1=CCC(C2=NC(N3c4ccccc4C4C=CC5=C(SC6C=CC=CC56)C43)=CC(C3C=CCCC3)C2)C=C1. The molecule has 3 heteroatoms. The number of aliphatic imine (C=N–C) groups is 1. The molecule has 7 unspecified atom stereocenters. The van der Waals surface area contributed by atoms with Gasteiger partial charge in [-0.25, -0.2) is 4.99 Å². The largest absolute Gasteiger partial charge is 0.317 e. The molecule has 7 atom stereocenters. The van der Waals surface area contributed by atoms with E-state index in [2.05, 4.69) is 120 Å². The third kappa shape index (κ3) is 3.66. The van der Waals surface area contributed by atoms with Gasteiger partial charge in [-0.2, -0.15) is 0 Å². The van der Waals surface area contributed by atoms with Gasteiger partial charge >= 0.3 is 0 Å². The molecule has 0 amide bonds. The number of nitrogens with zero attached hydrogens (tertiary/aromatic N) is 2. The Bertz CT molecular complexity index is 1430. The second-order valence-corrected chi connectivity index (χ2v) is 12.9. The highest BCUT2D eigenvalue weighted by Gasteiger charge is 2.48. The molecule has 0 bridgehead atoms. The van der Waals surface area contributed by atoms with Crippen molar-refractivity contribution < 1.29 is 0 Å². The quantitative estimate of drug-likeness (QED) is 0.376. The van der Waals surface area contributed by atoms with Crippen LogP contribution in [0.4, 0.5) is 5.69 Å². The van der Waals surface area contributed by atoms with E-state index in [1.165, 1.54) is 47.6 Å². The molecule has 0 saturated carbocycles. The average molecular weight is 515 g/mol. The minimum Gasteiger partial charge on any atom is -0.317 e. The van der Waals surface area contributed by atoms with Crippen LogP contribution in [0.2, 0.25) is 0 Å². The molecule has 3 aliphatic heterocycles. The number of hydrogen-bond acceptors (Lipinski definition) is 3. The number of hydrogen-bond donors (Lipinski definition) is 0. The first-order valence-electron chi connectivity index (χ1n) is 14.5. The maximum Gasteiger partial charge on any atom is 0.129 e. The van der Waals surface area contributed by atoms with Gasteiger partial charge in [-0.3, -0.25) is 0 Å². The zero-order valence-corrected chi connectivity index (χ0v) is 22.5. The number of thioether (sulfide) groups is 1. The molecule has 1 aromatic carbocycles. The first-order valence-corrected chi connectivity index (χ1v) is 15.3. The fourth-order valence-electron chi connectivity index (χ4n) is 7.61. The van der Waals surface area contributed by atoms with Crippen LogP contribution in [0.5, 0.6) is 0 Å². The summed E-state index contributed by atoms with van der Waals surface area (Å²) in [5.74, 6) is 3.58. The number of allylic oxidation sites excluding steroid dienone is 12. The standard InChI is InChI=1S/C35H34N2S/c1-3-11-23(12-4-1)25-21-30(24-13-5-2-6-14-24)36-33(22-25)37-31-17-9-7-15-26(31)28-19-20-29-27-16-8-10-18-32(27)38-35(29)34(28)37/h2-3,5-11,13,15-20,22-25,27-28,32,34H,1,4,12,14,21H2. The Labute approximate surface area is 230 Å². The summed E-state index contributed by atoms with van der Waals surface area (Å²) in [6, 6.07) is 9.39. The molecule has 0 spiro atoms. The Morgan fingerprint density at radius 2 is 1.79 bits per heavy atom. The van der Waals surface area contributed by atoms with Crippen LogP contribution in [0.15, 0.2) is 125 Å². The van der Waals surface area contributed by atoms with E-state index in [4.69, 9.17) is 4.99 Å². The summed E-state index contributed by atoms with van der Waals surface area (Å²) >= 11 is 2.09.